The molecule has 2 saturated heterocycles. The first-order valence-electron chi connectivity index (χ1n) is 10.6. The predicted molar refractivity (Wildman–Crippen MR) is 130 cm³/mol. The maximum atomic E-state index is 6.14. The number of morpholine rings is 1. The Balaban J connectivity index is 0.00000300. The van der Waals surface area contributed by atoms with Crippen LogP contribution in [0.4, 0.5) is 0 Å². The number of nitrogens with zero attached hydrogens (tertiary/aromatic N) is 2. The van der Waals surface area contributed by atoms with E-state index < -0.39 is 0 Å². The zero-order valence-corrected chi connectivity index (χ0v) is 20.9. The molecule has 3 unspecified atom stereocenters. The molecule has 5 nitrogen and oxygen atoms in total. The van der Waals surface area contributed by atoms with Crippen LogP contribution in [0, 0.1) is 18.3 Å². The van der Waals surface area contributed by atoms with Crippen molar-refractivity contribution in [2.24, 2.45) is 16.3 Å². The zero-order valence-electron chi connectivity index (χ0n) is 18.6. The van der Waals surface area contributed by atoms with Gasteiger partial charge in [-0.3, -0.25) is 4.99 Å². The molecule has 0 radical (unpaired) electrons. The van der Waals surface area contributed by atoms with Crippen LogP contribution < -0.4 is 5.32 Å². The van der Waals surface area contributed by atoms with Gasteiger partial charge in [-0.1, -0.05) is 45.0 Å². The van der Waals surface area contributed by atoms with Crippen molar-refractivity contribution < 1.29 is 9.47 Å². The van der Waals surface area contributed by atoms with E-state index in [-0.39, 0.29) is 41.6 Å². The summed E-state index contributed by atoms with van der Waals surface area (Å²) in [6, 6.07) is 8.50. The van der Waals surface area contributed by atoms with Crippen molar-refractivity contribution in [2.75, 3.05) is 39.9 Å². The first-order chi connectivity index (χ1) is 13.4. The molecule has 0 saturated carbocycles. The fourth-order valence-corrected chi connectivity index (χ4v) is 4.54. The highest BCUT2D eigenvalue weighted by molar-refractivity contribution is 14.0. The summed E-state index contributed by atoms with van der Waals surface area (Å²) < 4.78 is 12.2. The molecular weight excluding hydrogens is 477 g/mol. The van der Waals surface area contributed by atoms with Gasteiger partial charge in [-0.25, -0.2) is 0 Å². The van der Waals surface area contributed by atoms with Crippen molar-refractivity contribution in [3.63, 3.8) is 0 Å². The van der Waals surface area contributed by atoms with E-state index in [0.29, 0.717) is 5.92 Å². The average Bonchev–Trinajstić information content (AvgIpc) is 2.69. The van der Waals surface area contributed by atoms with Crippen molar-refractivity contribution >= 4 is 29.9 Å². The lowest BCUT2D eigenvalue weighted by Gasteiger charge is -2.41. The van der Waals surface area contributed by atoms with Gasteiger partial charge in [0.15, 0.2) is 5.96 Å². The zero-order chi connectivity index (χ0) is 20.1. The highest BCUT2D eigenvalue weighted by atomic mass is 127. The van der Waals surface area contributed by atoms with Gasteiger partial charge >= 0.3 is 0 Å². The number of hydrogen-bond acceptors (Lipinski definition) is 3. The van der Waals surface area contributed by atoms with Gasteiger partial charge in [0.05, 0.1) is 19.3 Å². The average molecular weight is 515 g/mol. The normalized spacial score (nSPS) is 26.0. The Morgan fingerprint density at radius 2 is 1.97 bits per heavy atom. The second-order valence-electron chi connectivity index (χ2n) is 9.15. The molecule has 3 rings (SSSR count). The van der Waals surface area contributed by atoms with Crippen LogP contribution in [0.1, 0.15) is 50.8 Å². The summed E-state index contributed by atoms with van der Waals surface area (Å²) in [7, 11) is 1.87. The lowest BCUT2D eigenvalue weighted by molar-refractivity contribution is -0.0837. The van der Waals surface area contributed by atoms with Gasteiger partial charge in [0, 0.05) is 32.7 Å². The Hall–Kier alpha value is -0.860. The van der Waals surface area contributed by atoms with Gasteiger partial charge < -0.3 is 19.7 Å². The SMILES string of the molecule is CN=C(NCC1CCCOC1C(C)(C)C)N1CCOC(c2ccccc2C)C1.I. The summed E-state index contributed by atoms with van der Waals surface area (Å²) in [6.07, 6.45) is 2.73. The Morgan fingerprint density at radius 1 is 1.21 bits per heavy atom. The molecular formula is C23H38IN3O2. The molecule has 0 spiro atoms. The van der Waals surface area contributed by atoms with Gasteiger partial charge in [0.2, 0.25) is 0 Å². The fraction of sp³-hybridized carbons (Fsp3) is 0.696. The Bertz CT molecular complexity index is 674. The lowest BCUT2D eigenvalue weighted by atomic mass is 9.78. The van der Waals surface area contributed by atoms with Gasteiger partial charge in [0.1, 0.15) is 6.10 Å². The molecule has 1 aromatic rings. The Kier molecular flexibility index (Phi) is 9.22. The highest BCUT2D eigenvalue weighted by Gasteiger charge is 2.35. The summed E-state index contributed by atoms with van der Waals surface area (Å²) in [5.74, 6) is 1.49. The monoisotopic (exact) mass is 515 g/mol. The number of guanidine groups is 1. The summed E-state index contributed by atoms with van der Waals surface area (Å²) in [6.45, 7) is 13.2. The van der Waals surface area contributed by atoms with E-state index in [1.165, 1.54) is 17.5 Å². The third kappa shape index (κ3) is 6.31. The Morgan fingerprint density at radius 3 is 2.66 bits per heavy atom. The molecule has 3 atom stereocenters. The number of benzene rings is 1. The summed E-state index contributed by atoms with van der Waals surface area (Å²) in [5, 5.41) is 3.64. The van der Waals surface area contributed by atoms with E-state index in [1.807, 2.05) is 7.05 Å². The van der Waals surface area contributed by atoms with Crippen molar-refractivity contribution in [1.82, 2.24) is 10.2 Å². The van der Waals surface area contributed by atoms with Crippen LogP contribution in [0.25, 0.3) is 0 Å². The minimum Gasteiger partial charge on any atom is -0.377 e. The predicted octanol–water partition coefficient (Wildman–Crippen LogP) is 4.40. The van der Waals surface area contributed by atoms with E-state index in [2.05, 4.69) is 67.2 Å². The van der Waals surface area contributed by atoms with Crippen molar-refractivity contribution in [1.29, 1.82) is 0 Å². The third-order valence-corrected chi connectivity index (χ3v) is 5.93. The number of hydrogen-bond donors (Lipinski definition) is 1. The Labute approximate surface area is 193 Å². The molecule has 0 amide bonds. The van der Waals surface area contributed by atoms with Crippen LogP contribution in [0.5, 0.6) is 0 Å². The molecule has 2 fully saturated rings. The molecule has 6 heteroatoms. The van der Waals surface area contributed by atoms with E-state index in [0.717, 1.165) is 45.2 Å². The second-order valence-corrected chi connectivity index (χ2v) is 9.15. The van der Waals surface area contributed by atoms with Crippen LogP contribution in [-0.2, 0) is 9.47 Å². The number of halogens is 1. The quantitative estimate of drug-likeness (QED) is 0.368. The van der Waals surface area contributed by atoms with Crippen LogP contribution >= 0.6 is 24.0 Å². The number of rotatable bonds is 3. The number of aryl methyl sites for hydroxylation is 1. The van der Waals surface area contributed by atoms with Crippen LogP contribution in [0.3, 0.4) is 0 Å². The first kappa shape index (κ1) is 24.4. The van der Waals surface area contributed by atoms with Crippen LogP contribution in [-0.4, -0.2) is 56.9 Å². The molecule has 1 aromatic carbocycles. The van der Waals surface area contributed by atoms with E-state index in [1.54, 1.807) is 0 Å². The summed E-state index contributed by atoms with van der Waals surface area (Å²) >= 11 is 0. The second kappa shape index (κ2) is 11.0. The van der Waals surface area contributed by atoms with E-state index in [4.69, 9.17) is 9.47 Å². The summed E-state index contributed by atoms with van der Waals surface area (Å²) in [5.41, 5.74) is 2.71. The van der Waals surface area contributed by atoms with Gasteiger partial charge in [-0.05, 0) is 36.3 Å². The van der Waals surface area contributed by atoms with Crippen molar-refractivity contribution in [3.8, 4) is 0 Å². The number of ether oxygens (including phenoxy) is 2. The molecule has 0 aliphatic carbocycles. The standard InChI is InChI=1S/C23H37N3O2.HI/c1-17-9-6-7-11-19(17)20-16-26(12-14-27-20)22(24-5)25-15-18-10-8-13-28-21(18)23(2,3)4;/h6-7,9,11,18,20-21H,8,10,12-16H2,1-5H3,(H,24,25);1H. The molecule has 1 N–H and O–H groups in total. The highest BCUT2D eigenvalue weighted by Crippen LogP contribution is 2.33. The maximum absolute atomic E-state index is 6.14. The smallest absolute Gasteiger partial charge is 0.193 e. The molecule has 2 aliphatic heterocycles. The van der Waals surface area contributed by atoms with Crippen LogP contribution in [0.2, 0.25) is 0 Å². The number of nitrogens with one attached hydrogen (secondary N) is 1. The molecule has 0 aromatic heterocycles. The van der Waals surface area contributed by atoms with E-state index >= 15 is 0 Å². The minimum absolute atomic E-state index is 0. The molecule has 2 aliphatic rings. The van der Waals surface area contributed by atoms with Gasteiger partial charge in [-0.15, -0.1) is 24.0 Å². The van der Waals surface area contributed by atoms with Crippen LogP contribution in [0.15, 0.2) is 29.3 Å². The van der Waals surface area contributed by atoms with Crippen molar-refractivity contribution in [3.05, 3.63) is 35.4 Å². The fourth-order valence-electron chi connectivity index (χ4n) is 4.54. The lowest BCUT2D eigenvalue weighted by Crippen LogP contribution is -2.51. The first-order valence-corrected chi connectivity index (χ1v) is 10.6. The minimum atomic E-state index is 0. The van der Waals surface area contributed by atoms with Crippen molar-refractivity contribution in [2.45, 2.75) is 52.7 Å². The summed E-state index contributed by atoms with van der Waals surface area (Å²) in [4.78, 5) is 6.90. The van der Waals surface area contributed by atoms with Gasteiger partial charge in [0.25, 0.3) is 0 Å². The molecule has 29 heavy (non-hydrogen) atoms. The molecule has 0 bridgehead atoms. The largest absolute Gasteiger partial charge is 0.377 e. The number of aliphatic imine (C=N–C) groups is 1. The molecule has 164 valence electrons. The molecule has 2 heterocycles. The topological polar surface area (TPSA) is 46.1 Å². The maximum Gasteiger partial charge on any atom is 0.193 e. The third-order valence-electron chi connectivity index (χ3n) is 5.93. The van der Waals surface area contributed by atoms with E-state index in [9.17, 15) is 0 Å². The van der Waals surface area contributed by atoms with Gasteiger partial charge in [-0.2, -0.15) is 0 Å².